The third-order valence-electron chi connectivity index (χ3n) is 12.5. The molecule has 8 heteroatoms. The normalized spacial score (nSPS) is 14.3. The van der Waals surface area contributed by atoms with Crippen molar-refractivity contribution in [3.05, 3.63) is 154 Å². The van der Waals surface area contributed by atoms with Crippen LogP contribution in [0.5, 0.6) is 0 Å². The number of pyridine rings is 2. The molecule has 0 atom stereocenters. The van der Waals surface area contributed by atoms with Crippen LogP contribution in [0.3, 0.4) is 0 Å². The maximum atomic E-state index is 13.0. The minimum atomic E-state index is -0.116. The van der Waals surface area contributed by atoms with Crippen molar-refractivity contribution >= 4 is 34.8 Å². The number of rotatable bonds is 9. The minimum Gasteiger partial charge on any atom is -0.357 e. The van der Waals surface area contributed by atoms with Crippen LogP contribution in [-0.4, -0.2) is 48.0 Å². The Labute approximate surface area is 375 Å². The molecule has 2 aromatic heterocycles. The van der Waals surface area contributed by atoms with Crippen LogP contribution >= 0.6 is 0 Å². The molecule has 2 aliphatic heterocycles. The fourth-order valence-corrected chi connectivity index (χ4v) is 8.69. The standard InChI is InChI=1S/C28H33N3O.C27H31N3O/c1-20(2)22-10-12-23(13-11-22)26-18-24(9-8-21(26)3)28(32)30-25-14-15-27(29-19-25)31-16-6-4-5-7-17-31;1-19-11-12-22(17-24(19)26-20(2)9-8-10-21(26)3)27(31)29-23-13-14-25(28-18-23)30-15-6-4-5-7-16-30/h8-15,18-20H,4-7,16-17H2,1-3H3,(H,30,32);8-14,17-18H,4-7,15-16H2,1-3H3,(H,29,31). The lowest BCUT2D eigenvalue weighted by molar-refractivity contribution is 0.101. The van der Waals surface area contributed by atoms with Crippen molar-refractivity contribution < 1.29 is 9.59 Å². The van der Waals surface area contributed by atoms with Crippen molar-refractivity contribution in [1.82, 2.24) is 9.97 Å². The van der Waals surface area contributed by atoms with Gasteiger partial charge in [-0.05, 0) is 158 Å². The maximum Gasteiger partial charge on any atom is 0.255 e. The molecule has 4 heterocycles. The minimum absolute atomic E-state index is 0.114. The second-order valence-corrected chi connectivity index (χ2v) is 17.6. The molecular weight excluding hydrogens is 777 g/mol. The molecule has 326 valence electrons. The van der Waals surface area contributed by atoms with Gasteiger partial charge in [-0.3, -0.25) is 9.59 Å². The largest absolute Gasteiger partial charge is 0.357 e. The summed E-state index contributed by atoms with van der Waals surface area (Å²) in [6.07, 6.45) is 13.6. The van der Waals surface area contributed by atoms with E-state index in [1.54, 1.807) is 12.4 Å². The zero-order valence-electron chi connectivity index (χ0n) is 38.1. The Morgan fingerprint density at radius 2 is 0.952 bits per heavy atom. The first-order chi connectivity index (χ1) is 30.5. The highest BCUT2D eigenvalue weighted by Crippen LogP contribution is 2.32. The Morgan fingerprint density at radius 1 is 0.508 bits per heavy atom. The van der Waals surface area contributed by atoms with Gasteiger partial charge in [-0.1, -0.05) is 94.1 Å². The summed E-state index contributed by atoms with van der Waals surface area (Å²) in [5, 5.41) is 6.01. The number of hydrogen-bond donors (Lipinski definition) is 2. The first kappa shape index (κ1) is 44.8. The number of nitrogens with zero attached hydrogens (tertiary/aromatic N) is 4. The van der Waals surface area contributed by atoms with Gasteiger partial charge in [0.25, 0.3) is 11.8 Å². The van der Waals surface area contributed by atoms with E-state index < -0.39 is 0 Å². The summed E-state index contributed by atoms with van der Waals surface area (Å²) in [5.41, 5.74) is 13.3. The van der Waals surface area contributed by atoms with Crippen LogP contribution in [0.2, 0.25) is 0 Å². The molecule has 2 amide bonds. The monoisotopic (exact) mass is 841 g/mol. The fraction of sp³-hybridized carbons (Fsp3) is 0.345. The summed E-state index contributed by atoms with van der Waals surface area (Å²) in [4.78, 5) is 39.8. The maximum absolute atomic E-state index is 13.0. The summed E-state index contributed by atoms with van der Waals surface area (Å²) in [7, 11) is 0. The van der Waals surface area contributed by atoms with Gasteiger partial charge in [0, 0.05) is 37.3 Å². The average molecular weight is 841 g/mol. The number of carbonyl (C=O) groups is 2. The van der Waals surface area contributed by atoms with Crippen molar-refractivity contribution in [2.45, 2.75) is 98.8 Å². The second-order valence-electron chi connectivity index (χ2n) is 17.6. The number of aromatic nitrogens is 2. The van der Waals surface area contributed by atoms with Gasteiger partial charge in [-0.15, -0.1) is 0 Å². The molecule has 0 aliphatic carbocycles. The van der Waals surface area contributed by atoms with Crippen molar-refractivity contribution in [1.29, 1.82) is 0 Å². The van der Waals surface area contributed by atoms with Crippen LogP contribution in [0.1, 0.15) is 120 Å². The lowest BCUT2D eigenvalue weighted by Gasteiger charge is -2.21. The number of benzene rings is 4. The molecular formula is C55H64N6O2. The molecule has 8 nitrogen and oxygen atoms in total. The zero-order chi connectivity index (χ0) is 44.3. The molecule has 0 unspecified atom stereocenters. The molecule has 2 aliphatic rings. The molecule has 2 fully saturated rings. The van der Waals surface area contributed by atoms with Gasteiger partial charge in [-0.25, -0.2) is 9.97 Å². The van der Waals surface area contributed by atoms with Gasteiger partial charge < -0.3 is 20.4 Å². The Balaban J connectivity index is 0.000000189. The molecule has 6 aromatic rings. The van der Waals surface area contributed by atoms with E-state index in [-0.39, 0.29) is 11.8 Å². The Hall–Kier alpha value is -6.28. The predicted octanol–water partition coefficient (Wildman–Crippen LogP) is 13.1. The summed E-state index contributed by atoms with van der Waals surface area (Å²) in [5.74, 6) is 2.26. The number of nitrogens with one attached hydrogen (secondary N) is 2. The van der Waals surface area contributed by atoms with Crippen LogP contribution in [-0.2, 0) is 0 Å². The van der Waals surface area contributed by atoms with E-state index in [4.69, 9.17) is 0 Å². The Bertz CT molecular complexity index is 2440. The van der Waals surface area contributed by atoms with E-state index in [1.807, 2.05) is 60.7 Å². The van der Waals surface area contributed by atoms with Crippen molar-refractivity contribution in [2.75, 3.05) is 46.6 Å². The fourth-order valence-electron chi connectivity index (χ4n) is 8.69. The second kappa shape index (κ2) is 21.2. The molecule has 2 N–H and O–H groups in total. The van der Waals surface area contributed by atoms with Crippen LogP contribution in [0.4, 0.5) is 23.0 Å². The van der Waals surface area contributed by atoms with Crippen molar-refractivity contribution in [3.63, 3.8) is 0 Å². The molecule has 0 spiro atoms. The summed E-state index contributed by atoms with van der Waals surface area (Å²) >= 11 is 0. The number of amides is 2. The van der Waals surface area contributed by atoms with Crippen LogP contribution < -0.4 is 20.4 Å². The lowest BCUT2D eigenvalue weighted by atomic mass is 9.91. The lowest BCUT2D eigenvalue weighted by Crippen LogP contribution is -2.24. The molecule has 0 saturated carbocycles. The van der Waals surface area contributed by atoms with E-state index in [1.165, 1.54) is 73.6 Å². The first-order valence-electron chi connectivity index (χ1n) is 23.0. The highest BCUT2D eigenvalue weighted by atomic mass is 16.2. The SMILES string of the molecule is Cc1ccc(C(=O)Nc2ccc(N3CCCCCC3)nc2)cc1-c1c(C)cccc1C.Cc1ccc(C(=O)Nc2ccc(N3CCCCCC3)nc2)cc1-c1ccc(C(C)C)cc1. The third-order valence-corrected chi connectivity index (χ3v) is 12.5. The van der Waals surface area contributed by atoms with Gasteiger partial charge in [0.05, 0.1) is 23.8 Å². The van der Waals surface area contributed by atoms with Crippen LogP contribution in [0.25, 0.3) is 22.3 Å². The summed E-state index contributed by atoms with van der Waals surface area (Å²) in [6.45, 7) is 17.0. The van der Waals surface area contributed by atoms with Gasteiger partial charge in [0.1, 0.15) is 11.6 Å². The zero-order valence-corrected chi connectivity index (χ0v) is 38.1. The Kier molecular flexibility index (Phi) is 15.1. The summed E-state index contributed by atoms with van der Waals surface area (Å²) in [6, 6.07) is 34.7. The van der Waals surface area contributed by atoms with E-state index >= 15 is 0 Å². The van der Waals surface area contributed by atoms with E-state index in [9.17, 15) is 9.59 Å². The molecule has 63 heavy (non-hydrogen) atoms. The van der Waals surface area contributed by atoms with E-state index in [0.29, 0.717) is 17.0 Å². The summed E-state index contributed by atoms with van der Waals surface area (Å²) < 4.78 is 0. The first-order valence-corrected chi connectivity index (χ1v) is 23.0. The number of hydrogen-bond acceptors (Lipinski definition) is 6. The van der Waals surface area contributed by atoms with Gasteiger partial charge in [0.15, 0.2) is 0 Å². The highest BCUT2D eigenvalue weighted by molar-refractivity contribution is 6.06. The number of aryl methyl sites for hydroxylation is 4. The van der Waals surface area contributed by atoms with Gasteiger partial charge >= 0.3 is 0 Å². The molecule has 4 aromatic carbocycles. The van der Waals surface area contributed by atoms with E-state index in [0.717, 1.165) is 77.0 Å². The Morgan fingerprint density at radius 3 is 1.38 bits per heavy atom. The van der Waals surface area contributed by atoms with Crippen molar-refractivity contribution in [3.8, 4) is 22.3 Å². The van der Waals surface area contributed by atoms with Crippen molar-refractivity contribution in [2.24, 2.45) is 0 Å². The smallest absolute Gasteiger partial charge is 0.255 e. The van der Waals surface area contributed by atoms with Crippen LogP contribution in [0.15, 0.2) is 116 Å². The molecule has 8 rings (SSSR count). The third kappa shape index (κ3) is 11.6. The highest BCUT2D eigenvalue weighted by Gasteiger charge is 2.16. The van der Waals surface area contributed by atoms with E-state index in [2.05, 4.69) is 114 Å². The number of carbonyl (C=O) groups excluding carboxylic acids is 2. The van der Waals surface area contributed by atoms with Gasteiger partial charge in [0.2, 0.25) is 0 Å². The van der Waals surface area contributed by atoms with Crippen LogP contribution in [0, 0.1) is 27.7 Å². The molecule has 0 bridgehead atoms. The topological polar surface area (TPSA) is 90.5 Å². The average Bonchev–Trinajstić information content (AvgIpc) is 3.75. The quantitative estimate of drug-likeness (QED) is 0.151. The number of anilines is 4. The molecule has 2 saturated heterocycles. The van der Waals surface area contributed by atoms with Gasteiger partial charge in [-0.2, -0.15) is 0 Å². The predicted molar refractivity (Wildman–Crippen MR) is 263 cm³/mol. The molecule has 0 radical (unpaired) electrons.